The van der Waals surface area contributed by atoms with Crippen LogP contribution in [0.2, 0.25) is 0 Å². The number of hydrazone groups is 1. The molecule has 1 heterocycles. The molecule has 0 aliphatic rings. The standard InChI is InChI=1S/C14H18N4O5/c19-7-11(21)13(23)12(22)10(20)6-16-18-14-9-4-2-1-3-8(9)5-15-17-14/h1-6,10-13,19-23H,7H2,(H,17,18)/b16-6-/t10-,11+,12-,13+/m0/s1. The quantitative estimate of drug-likeness (QED) is 0.265. The first kappa shape index (κ1) is 17.2. The third-order valence-corrected chi connectivity index (χ3v) is 3.25. The van der Waals surface area contributed by atoms with Gasteiger partial charge >= 0.3 is 0 Å². The average molecular weight is 322 g/mol. The van der Waals surface area contributed by atoms with Crippen LogP contribution in [0.1, 0.15) is 0 Å². The Morgan fingerprint density at radius 3 is 2.61 bits per heavy atom. The molecule has 0 spiro atoms. The van der Waals surface area contributed by atoms with Gasteiger partial charge in [0, 0.05) is 10.8 Å². The molecular weight excluding hydrogens is 304 g/mol. The summed E-state index contributed by atoms with van der Waals surface area (Å²) in [6.07, 6.45) is -4.00. The minimum Gasteiger partial charge on any atom is -0.394 e. The summed E-state index contributed by atoms with van der Waals surface area (Å²) in [4.78, 5) is 0. The highest BCUT2D eigenvalue weighted by molar-refractivity contribution is 5.90. The van der Waals surface area contributed by atoms with E-state index >= 15 is 0 Å². The van der Waals surface area contributed by atoms with Crippen LogP contribution in [0.4, 0.5) is 5.82 Å². The van der Waals surface area contributed by atoms with Crippen molar-refractivity contribution in [1.29, 1.82) is 0 Å². The molecule has 0 radical (unpaired) electrons. The molecule has 1 aromatic carbocycles. The molecule has 0 bridgehead atoms. The Kier molecular flexibility index (Phi) is 5.90. The molecule has 1 aromatic heterocycles. The normalized spacial score (nSPS) is 17.1. The van der Waals surface area contributed by atoms with Crippen LogP contribution in [0.15, 0.2) is 35.6 Å². The molecule has 124 valence electrons. The van der Waals surface area contributed by atoms with Crippen LogP contribution < -0.4 is 5.43 Å². The van der Waals surface area contributed by atoms with Crippen molar-refractivity contribution >= 4 is 22.8 Å². The molecule has 4 atom stereocenters. The summed E-state index contributed by atoms with van der Waals surface area (Å²) < 4.78 is 0. The molecular formula is C14H18N4O5. The molecule has 9 heteroatoms. The fourth-order valence-corrected chi connectivity index (χ4v) is 1.91. The van der Waals surface area contributed by atoms with Crippen molar-refractivity contribution < 1.29 is 25.5 Å². The van der Waals surface area contributed by atoms with Crippen LogP contribution in [0, 0.1) is 0 Å². The molecule has 0 saturated carbocycles. The zero-order valence-corrected chi connectivity index (χ0v) is 12.1. The second kappa shape index (κ2) is 7.90. The van der Waals surface area contributed by atoms with Gasteiger partial charge in [-0.05, 0) is 0 Å². The van der Waals surface area contributed by atoms with Gasteiger partial charge in [0.05, 0.1) is 19.0 Å². The molecule has 9 nitrogen and oxygen atoms in total. The maximum Gasteiger partial charge on any atom is 0.176 e. The lowest BCUT2D eigenvalue weighted by molar-refractivity contribution is -0.0999. The van der Waals surface area contributed by atoms with Crippen LogP contribution >= 0.6 is 0 Å². The maximum absolute atomic E-state index is 9.70. The zero-order valence-electron chi connectivity index (χ0n) is 12.1. The van der Waals surface area contributed by atoms with Crippen LogP contribution in [-0.2, 0) is 0 Å². The van der Waals surface area contributed by atoms with Crippen LogP contribution in [-0.4, -0.2) is 73.0 Å². The van der Waals surface area contributed by atoms with Gasteiger partial charge in [0.25, 0.3) is 0 Å². The lowest BCUT2D eigenvalue weighted by Crippen LogP contribution is -2.46. The first-order chi connectivity index (χ1) is 11.0. The molecule has 6 N–H and O–H groups in total. The van der Waals surface area contributed by atoms with Gasteiger partial charge in [-0.1, -0.05) is 24.3 Å². The summed E-state index contributed by atoms with van der Waals surface area (Å²) in [6, 6.07) is 7.34. The van der Waals surface area contributed by atoms with Crippen LogP contribution in [0.3, 0.4) is 0 Å². The number of anilines is 1. The monoisotopic (exact) mass is 322 g/mol. The van der Waals surface area contributed by atoms with Gasteiger partial charge in [0.1, 0.15) is 24.4 Å². The van der Waals surface area contributed by atoms with E-state index in [1.807, 2.05) is 24.3 Å². The Morgan fingerprint density at radius 1 is 1.13 bits per heavy atom. The second-order valence-electron chi connectivity index (χ2n) is 4.89. The Labute approximate surface area is 131 Å². The summed E-state index contributed by atoms with van der Waals surface area (Å²) in [5.74, 6) is 0.358. The lowest BCUT2D eigenvalue weighted by Gasteiger charge is -2.23. The van der Waals surface area contributed by atoms with Crippen molar-refractivity contribution in [3.05, 3.63) is 30.5 Å². The van der Waals surface area contributed by atoms with E-state index in [2.05, 4.69) is 20.7 Å². The number of aliphatic hydroxyl groups excluding tert-OH is 5. The van der Waals surface area contributed by atoms with Crippen LogP contribution in [0.25, 0.3) is 10.8 Å². The molecule has 0 unspecified atom stereocenters. The van der Waals surface area contributed by atoms with E-state index in [1.54, 1.807) is 6.20 Å². The SMILES string of the molecule is OC[C@@H](O)[C@@H](O)[C@@H](O)[C@@H](O)/C=N\Nc1nncc2ccccc12. The first-order valence-corrected chi connectivity index (χ1v) is 6.87. The van der Waals surface area contributed by atoms with Gasteiger partial charge in [0.2, 0.25) is 0 Å². The Morgan fingerprint density at radius 2 is 1.87 bits per heavy atom. The van der Waals surface area contributed by atoms with Crippen molar-refractivity contribution in [1.82, 2.24) is 10.2 Å². The number of nitrogens with zero attached hydrogens (tertiary/aromatic N) is 3. The van der Waals surface area contributed by atoms with Gasteiger partial charge < -0.3 is 25.5 Å². The molecule has 2 aromatic rings. The van der Waals surface area contributed by atoms with Crippen molar-refractivity contribution in [2.75, 3.05) is 12.0 Å². The smallest absolute Gasteiger partial charge is 0.176 e. The van der Waals surface area contributed by atoms with Crippen molar-refractivity contribution in [2.24, 2.45) is 5.10 Å². The minimum absolute atomic E-state index is 0.358. The third-order valence-electron chi connectivity index (χ3n) is 3.25. The third kappa shape index (κ3) is 4.18. The fourth-order valence-electron chi connectivity index (χ4n) is 1.91. The minimum atomic E-state index is -1.71. The van der Waals surface area contributed by atoms with Gasteiger partial charge in [-0.3, -0.25) is 5.43 Å². The number of aromatic nitrogens is 2. The number of benzene rings is 1. The number of rotatable bonds is 7. The van der Waals surface area contributed by atoms with Gasteiger partial charge in [-0.25, -0.2) is 0 Å². The topological polar surface area (TPSA) is 151 Å². The van der Waals surface area contributed by atoms with E-state index in [-0.39, 0.29) is 0 Å². The number of nitrogens with one attached hydrogen (secondary N) is 1. The number of fused-ring (bicyclic) bond motifs is 1. The van der Waals surface area contributed by atoms with E-state index in [1.165, 1.54) is 0 Å². The molecule has 0 aliphatic carbocycles. The van der Waals surface area contributed by atoms with Crippen molar-refractivity contribution in [3.8, 4) is 0 Å². The van der Waals surface area contributed by atoms with Crippen molar-refractivity contribution in [3.63, 3.8) is 0 Å². The van der Waals surface area contributed by atoms with Gasteiger partial charge in [0.15, 0.2) is 5.82 Å². The molecule has 0 fully saturated rings. The summed E-state index contributed by atoms with van der Waals surface area (Å²) in [7, 11) is 0. The Balaban J connectivity index is 2.03. The van der Waals surface area contributed by atoms with E-state index in [9.17, 15) is 20.4 Å². The molecule has 0 aliphatic heterocycles. The van der Waals surface area contributed by atoms with Gasteiger partial charge in [-0.2, -0.15) is 10.2 Å². The van der Waals surface area contributed by atoms with Crippen LogP contribution in [0.5, 0.6) is 0 Å². The Hall–Kier alpha value is -2.17. The first-order valence-electron chi connectivity index (χ1n) is 6.87. The largest absolute Gasteiger partial charge is 0.394 e. The van der Waals surface area contributed by atoms with E-state index in [4.69, 9.17) is 5.11 Å². The highest BCUT2D eigenvalue weighted by atomic mass is 16.4. The average Bonchev–Trinajstić information content (AvgIpc) is 2.59. The highest BCUT2D eigenvalue weighted by Gasteiger charge is 2.29. The predicted octanol–water partition coefficient (Wildman–Crippen LogP) is -1.54. The summed E-state index contributed by atoms with van der Waals surface area (Å²) in [5, 5.41) is 59.8. The number of aliphatic hydroxyl groups is 5. The maximum atomic E-state index is 9.70. The molecule has 23 heavy (non-hydrogen) atoms. The number of hydrogen-bond donors (Lipinski definition) is 6. The van der Waals surface area contributed by atoms with Crippen molar-refractivity contribution in [2.45, 2.75) is 24.4 Å². The highest BCUT2D eigenvalue weighted by Crippen LogP contribution is 2.18. The second-order valence-corrected chi connectivity index (χ2v) is 4.89. The summed E-state index contributed by atoms with van der Waals surface area (Å²) >= 11 is 0. The van der Waals surface area contributed by atoms with E-state index in [0.29, 0.717) is 5.82 Å². The Bertz CT molecular complexity index is 663. The van der Waals surface area contributed by atoms with Gasteiger partial charge in [-0.15, -0.1) is 5.10 Å². The zero-order chi connectivity index (χ0) is 16.8. The van der Waals surface area contributed by atoms with E-state index in [0.717, 1.165) is 17.0 Å². The van der Waals surface area contributed by atoms with E-state index < -0.39 is 31.0 Å². The summed E-state index contributed by atoms with van der Waals surface area (Å²) in [5.41, 5.74) is 2.59. The molecule has 0 amide bonds. The molecule has 2 rings (SSSR count). The predicted molar refractivity (Wildman–Crippen MR) is 82.8 cm³/mol. The summed E-state index contributed by atoms with van der Waals surface area (Å²) in [6.45, 7) is -0.744. The molecule has 0 saturated heterocycles. The number of hydrogen-bond acceptors (Lipinski definition) is 9. The fraction of sp³-hybridized carbons (Fsp3) is 0.357. The lowest BCUT2D eigenvalue weighted by atomic mass is 10.0.